The van der Waals surface area contributed by atoms with Gasteiger partial charge >= 0.3 is 0 Å². The van der Waals surface area contributed by atoms with Crippen LogP contribution in [0, 0.1) is 0 Å². The minimum atomic E-state index is -0.530. The summed E-state index contributed by atoms with van der Waals surface area (Å²) < 4.78 is 4.96. The summed E-state index contributed by atoms with van der Waals surface area (Å²) in [5.74, 6) is -0.321. The van der Waals surface area contributed by atoms with E-state index in [9.17, 15) is 15.0 Å². The highest BCUT2D eigenvalue weighted by molar-refractivity contribution is 6.01. The Morgan fingerprint density at radius 1 is 1.04 bits per heavy atom. The number of rotatable bonds is 4. The molecule has 0 saturated heterocycles. The second-order valence-corrected chi connectivity index (χ2v) is 5.35. The third kappa shape index (κ3) is 3.53. The van der Waals surface area contributed by atoms with Crippen LogP contribution in [0.4, 0.5) is 0 Å². The lowest BCUT2D eigenvalue weighted by Crippen LogP contribution is -2.17. The van der Waals surface area contributed by atoms with E-state index in [2.05, 4.69) is 10.5 Å². The van der Waals surface area contributed by atoms with Crippen molar-refractivity contribution in [2.75, 3.05) is 7.11 Å². The highest BCUT2D eigenvalue weighted by Crippen LogP contribution is 2.26. The van der Waals surface area contributed by atoms with Gasteiger partial charge in [-0.05, 0) is 46.7 Å². The zero-order valence-electron chi connectivity index (χ0n) is 13.4. The number of benzene rings is 3. The van der Waals surface area contributed by atoms with Gasteiger partial charge in [-0.2, -0.15) is 5.10 Å². The lowest BCUT2D eigenvalue weighted by Gasteiger charge is -2.06. The molecule has 0 aromatic heterocycles. The fourth-order valence-corrected chi connectivity index (χ4v) is 2.42. The first-order chi connectivity index (χ1) is 12.1. The Hall–Kier alpha value is -3.54. The molecule has 1 amide bonds. The highest BCUT2D eigenvalue weighted by Gasteiger charge is 2.11. The number of phenols is 2. The average Bonchev–Trinajstić information content (AvgIpc) is 2.61. The van der Waals surface area contributed by atoms with Crippen LogP contribution in [0.5, 0.6) is 17.2 Å². The Bertz CT molecular complexity index is 967. The maximum Gasteiger partial charge on any atom is 0.275 e. The molecular formula is C19H16N2O4. The summed E-state index contributed by atoms with van der Waals surface area (Å²) in [7, 11) is 1.46. The first kappa shape index (κ1) is 16.3. The molecule has 25 heavy (non-hydrogen) atoms. The number of hydrazone groups is 1. The summed E-state index contributed by atoms with van der Waals surface area (Å²) in [5.41, 5.74) is 3.08. The minimum absolute atomic E-state index is 0.0232. The molecule has 126 valence electrons. The van der Waals surface area contributed by atoms with Crippen molar-refractivity contribution in [3.8, 4) is 17.2 Å². The van der Waals surface area contributed by atoms with Crippen LogP contribution in [0.15, 0.2) is 59.7 Å². The molecule has 3 aromatic carbocycles. The van der Waals surface area contributed by atoms with Crippen LogP contribution in [0.2, 0.25) is 0 Å². The van der Waals surface area contributed by atoms with E-state index in [4.69, 9.17) is 4.74 Å². The monoisotopic (exact) mass is 336 g/mol. The molecule has 0 heterocycles. The summed E-state index contributed by atoms with van der Waals surface area (Å²) in [6.45, 7) is 0. The molecule has 0 aliphatic rings. The van der Waals surface area contributed by atoms with Crippen LogP contribution in [0.25, 0.3) is 10.8 Å². The molecule has 6 nitrogen and oxygen atoms in total. The zero-order chi connectivity index (χ0) is 17.8. The number of nitrogens with zero attached hydrogens (tertiary/aromatic N) is 1. The van der Waals surface area contributed by atoms with E-state index < -0.39 is 5.91 Å². The van der Waals surface area contributed by atoms with Gasteiger partial charge in [-0.1, -0.05) is 24.3 Å². The third-order valence-electron chi connectivity index (χ3n) is 3.69. The van der Waals surface area contributed by atoms with Crippen LogP contribution in [0.3, 0.4) is 0 Å². The Balaban J connectivity index is 1.76. The largest absolute Gasteiger partial charge is 0.507 e. The molecule has 3 rings (SSSR count). The molecular weight excluding hydrogens is 320 g/mol. The maximum absolute atomic E-state index is 12.2. The Kier molecular flexibility index (Phi) is 4.52. The minimum Gasteiger partial charge on any atom is -0.507 e. The van der Waals surface area contributed by atoms with Gasteiger partial charge in [0.15, 0.2) is 11.5 Å². The molecule has 0 atom stereocenters. The molecule has 0 bridgehead atoms. The van der Waals surface area contributed by atoms with Crippen molar-refractivity contribution in [3.05, 3.63) is 65.7 Å². The van der Waals surface area contributed by atoms with Crippen LogP contribution in [-0.4, -0.2) is 29.4 Å². The van der Waals surface area contributed by atoms with E-state index in [1.54, 1.807) is 18.2 Å². The Labute approximate surface area is 144 Å². The highest BCUT2D eigenvalue weighted by atomic mass is 16.5. The van der Waals surface area contributed by atoms with E-state index in [1.165, 1.54) is 25.5 Å². The van der Waals surface area contributed by atoms with Gasteiger partial charge in [0.1, 0.15) is 5.75 Å². The van der Waals surface area contributed by atoms with Crippen LogP contribution in [0.1, 0.15) is 15.9 Å². The van der Waals surface area contributed by atoms with E-state index in [0.29, 0.717) is 11.3 Å². The molecule has 0 radical (unpaired) electrons. The van der Waals surface area contributed by atoms with Crippen molar-refractivity contribution in [2.45, 2.75) is 0 Å². The van der Waals surface area contributed by atoms with Crippen molar-refractivity contribution < 1.29 is 19.7 Å². The van der Waals surface area contributed by atoms with Crippen molar-refractivity contribution in [1.29, 1.82) is 0 Å². The van der Waals surface area contributed by atoms with Gasteiger partial charge < -0.3 is 14.9 Å². The second kappa shape index (κ2) is 6.92. The Morgan fingerprint density at radius 2 is 1.76 bits per heavy atom. The first-order valence-electron chi connectivity index (χ1n) is 7.50. The Morgan fingerprint density at radius 3 is 2.44 bits per heavy atom. The average molecular weight is 336 g/mol. The quantitative estimate of drug-likeness (QED) is 0.504. The number of hydrogen-bond donors (Lipinski definition) is 3. The SMILES string of the molecule is COc1ccc(/C=N\NC(=O)c2cc3ccccc3cc2O)cc1O. The standard InChI is InChI=1S/C19H16N2O4/c1-25-18-7-6-12(8-17(18)23)11-20-21-19(24)15-9-13-4-2-3-5-14(13)10-16(15)22/h2-11,22-23H,1H3,(H,21,24)/b20-11-. The molecule has 0 fully saturated rings. The van der Waals surface area contributed by atoms with Gasteiger partial charge in [0.25, 0.3) is 5.91 Å². The maximum atomic E-state index is 12.2. The second-order valence-electron chi connectivity index (χ2n) is 5.35. The number of fused-ring (bicyclic) bond motifs is 1. The summed E-state index contributed by atoms with van der Waals surface area (Å²) in [6.07, 6.45) is 1.38. The predicted octanol–water partition coefficient (Wildman–Crippen LogP) is 3.02. The van der Waals surface area contributed by atoms with Crippen molar-refractivity contribution in [3.63, 3.8) is 0 Å². The van der Waals surface area contributed by atoms with Crippen molar-refractivity contribution >= 4 is 22.9 Å². The lowest BCUT2D eigenvalue weighted by atomic mass is 10.1. The molecule has 6 heteroatoms. The van der Waals surface area contributed by atoms with Crippen molar-refractivity contribution in [2.24, 2.45) is 5.10 Å². The third-order valence-corrected chi connectivity index (χ3v) is 3.69. The predicted molar refractivity (Wildman–Crippen MR) is 95.3 cm³/mol. The molecule has 3 aromatic rings. The number of phenolic OH excluding ortho intramolecular Hbond substituents is 2. The topological polar surface area (TPSA) is 91.2 Å². The number of ether oxygens (including phenoxy) is 1. The normalized spacial score (nSPS) is 10.9. The number of amides is 1. The van der Waals surface area contributed by atoms with Crippen LogP contribution < -0.4 is 10.2 Å². The van der Waals surface area contributed by atoms with Gasteiger partial charge in [-0.25, -0.2) is 5.43 Å². The van der Waals surface area contributed by atoms with E-state index >= 15 is 0 Å². The number of carbonyl (C=O) groups excluding carboxylic acids is 1. The summed E-state index contributed by atoms with van der Waals surface area (Å²) in [5, 5.41) is 25.3. The first-order valence-corrected chi connectivity index (χ1v) is 7.50. The molecule has 0 aliphatic heterocycles. The number of hydrogen-bond acceptors (Lipinski definition) is 5. The van der Waals surface area contributed by atoms with Crippen molar-refractivity contribution in [1.82, 2.24) is 5.43 Å². The van der Waals surface area contributed by atoms with Gasteiger partial charge in [0, 0.05) is 0 Å². The van der Waals surface area contributed by atoms with Gasteiger partial charge in [-0.3, -0.25) is 4.79 Å². The summed E-state index contributed by atoms with van der Waals surface area (Å²) >= 11 is 0. The summed E-state index contributed by atoms with van der Waals surface area (Å²) in [4.78, 5) is 12.2. The zero-order valence-corrected chi connectivity index (χ0v) is 13.4. The van der Waals surface area contributed by atoms with Crippen LogP contribution in [-0.2, 0) is 0 Å². The molecule has 3 N–H and O–H groups in total. The van der Waals surface area contributed by atoms with Crippen LogP contribution >= 0.6 is 0 Å². The van der Waals surface area contributed by atoms with E-state index in [0.717, 1.165) is 10.8 Å². The van der Waals surface area contributed by atoms with E-state index in [-0.39, 0.29) is 17.1 Å². The molecule has 0 spiro atoms. The molecule has 0 saturated carbocycles. The van der Waals surface area contributed by atoms with Gasteiger partial charge in [0.05, 0.1) is 18.9 Å². The number of methoxy groups -OCH3 is 1. The van der Waals surface area contributed by atoms with E-state index in [1.807, 2.05) is 24.3 Å². The fraction of sp³-hybridized carbons (Fsp3) is 0.0526. The number of carbonyl (C=O) groups is 1. The molecule has 0 aliphatic carbocycles. The van der Waals surface area contributed by atoms with Gasteiger partial charge in [-0.15, -0.1) is 0 Å². The lowest BCUT2D eigenvalue weighted by molar-refractivity contribution is 0.0952. The number of nitrogens with one attached hydrogen (secondary N) is 1. The smallest absolute Gasteiger partial charge is 0.275 e. The van der Waals surface area contributed by atoms with Gasteiger partial charge in [0.2, 0.25) is 0 Å². The fourth-order valence-electron chi connectivity index (χ4n) is 2.42. The molecule has 0 unspecified atom stereocenters. The summed E-state index contributed by atoms with van der Waals surface area (Å²) in [6, 6.07) is 15.3. The number of aromatic hydroxyl groups is 2.